The molecule has 20 heavy (non-hydrogen) atoms. The zero-order valence-corrected chi connectivity index (χ0v) is 11.7. The van der Waals surface area contributed by atoms with Crippen LogP contribution in [-0.4, -0.2) is 37.1 Å². The van der Waals surface area contributed by atoms with Crippen LogP contribution in [-0.2, 0) is 0 Å². The van der Waals surface area contributed by atoms with E-state index in [0.717, 1.165) is 25.2 Å². The molecule has 1 saturated heterocycles. The Hall–Kier alpha value is -2.04. The van der Waals surface area contributed by atoms with E-state index in [1.54, 1.807) is 23.2 Å². The van der Waals surface area contributed by atoms with Crippen molar-refractivity contribution < 1.29 is 9.18 Å². The Morgan fingerprint density at radius 3 is 2.50 bits per heavy atom. The number of carbonyl (C=O) groups is 1. The lowest BCUT2D eigenvalue weighted by Crippen LogP contribution is -2.51. The smallest absolute Gasteiger partial charge is 0.321 e. The second-order valence-electron chi connectivity index (χ2n) is 4.71. The predicted molar refractivity (Wildman–Crippen MR) is 78.1 cm³/mol. The number of benzene rings is 1. The van der Waals surface area contributed by atoms with Gasteiger partial charge < -0.3 is 15.1 Å². The van der Waals surface area contributed by atoms with Crippen LogP contribution in [0.4, 0.5) is 14.9 Å². The molecule has 0 atom stereocenters. The Balaban J connectivity index is 1.84. The number of halogens is 1. The molecule has 2 rings (SSSR count). The van der Waals surface area contributed by atoms with Crippen LogP contribution >= 0.6 is 0 Å². The van der Waals surface area contributed by atoms with Gasteiger partial charge in [-0.3, -0.25) is 0 Å². The molecule has 0 aliphatic carbocycles. The van der Waals surface area contributed by atoms with Gasteiger partial charge in [0.15, 0.2) is 0 Å². The number of hydrogen-bond acceptors (Lipinski definition) is 2. The minimum atomic E-state index is -0.227. The van der Waals surface area contributed by atoms with Crippen molar-refractivity contribution >= 4 is 11.7 Å². The summed E-state index contributed by atoms with van der Waals surface area (Å²) in [6.07, 6.45) is 4.50. The Morgan fingerprint density at radius 1 is 1.25 bits per heavy atom. The zero-order chi connectivity index (χ0) is 14.4. The lowest BCUT2D eigenvalue weighted by atomic mass is 10.2. The van der Waals surface area contributed by atoms with E-state index in [2.05, 4.69) is 10.2 Å². The third-order valence-electron chi connectivity index (χ3n) is 3.32. The number of urea groups is 1. The average Bonchev–Trinajstić information content (AvgIpc) is 2.48. The Morgan fingerprint density at radius 2 is 1.90 bits per heavy atom. The first-order valence-electron chi connectivity index (χ1n) is 6.91. The molecule has 1 aliphatic heterocycles. The van der Waals surface area contributed by atoms with Crippen LogP contribution < -0.4 is 10.2 Å². The molecule has 1 heterocycles. The van der Waals surface area contributed by atoms with Crippen molar-refractivity contribution in [2.75, 3.05) is 31.1 Å². The highest BCUT2D eigenvalue weighted by Gasteiger charge is 2.20. The third kappa shape index (κ3) is 3.73. The number of allylic oxidation sites excluding steroid dienone is 1. The second kappa shape index (κ2) is 6.93. The molecular weight excluding hydrogens is 257 g/mol. The lowest BCUT2D eigenvalue weighted by molar-refractivity contribution is 0.198. The Labute approximate surface area is 118 Å². The second-order valence-corrected chi connectivity index (χ2v) is 4.71. The number of rotatable bonds is 3. The maximum absolute atomic E-state index is 12.9. The number of anilines is 1. The van der Waals surface area contributed by atoms with Crippen LogP contribution in [0.15, 0.2) is 36.5 Å². The minimum absolute atomic E-state index is 0.0616. The van der Waals surface area contributed by atoms with Crippen LogP contribution in [0, 0.1) is 5.82 Å². The van der Waals surface area contributed by atoms with Gasteiger partial charge >= 0.3 is 6.03 Å². The van der Waals surface area contributed by atoms with Gasteiger partial charge in [0.05, 0.1) is 0 Å². The van der Waals surface area contributed by atoms with Gasteiger partial charge in [-0.25, -0.2) is 9.18 Å². The maximum Gasteiger partial charge on any atom is 0.321 e. The normalized spacial score (nSPS) is 15.7. The molecule has 0 spiro atoms. The van der Waals surface area contributed by atoms with Crippen molar-refractivity contribution in [1.82, 2.24) is 10.2 Å². The molecule has 1 aromatic carbocycles. The van der Waals surface area contributed by atoms with Gasteiger partial charge in [-0.2, -0.15) is 0 Å². The molecule has 108 valence electrons. The molecule has 0 bridgehead atoms. The van der Waals surface area contributed by atoms with Gasteiger partial charge in [0, 0.05) is 38.1 Å². The van der Waals surface area contributed by atoms with Gasteiger partial charge in [-0.15, -0.1) is 0 Å². The van der Waals surface area contributed by atoms with E-state index in [1.165, 1.54) is 12.1 Å². The first kappa shape index (κ1) is 14.4. The van der Waals surface area contributed by atoms with E-state index in [1.807, 2.05) is 13.0 Å². The molecule has 2 amide bonds. The number of nitrogens with one attached hydrogen (secondary N) is 1. The summed E-state index contributed by atoms with van der Waals surface area (Å²) in [5.74, 6) is -0.227. The maximum atomic E-state index is 12.9. The van der Waals surface area contributed by atoms with Crippen LogP contribution in [0.2, 0.25) is 0 Å². The molecule has 4 nitrogen and oxygen atoms in total. The van der Waals surface area contributed by atoms with Crippen LogP contribution in [0.5, 0.6) is 0 Å². The molecule has 5 heteroatoms. The fraction of sp³-hybridized carbons (Fsp3) is 0.400. The van der Waals surface area contributed by atoms with Crippen molar-refractivity contribution in [1.29, 1.82) is 0 Å². The monoisotopic (exact) mass is 277 g/mol. The minimum Gasteiger partial charge on any atom is -0.368 e. The van der Waals surface area contributed by atoms with Crippen molar-refractivity contribution in [3.8, 4) is 0 Å². The van der Waals surface area contributed by atoms with E-state index >= 15 is 0 Å². The highest BCUT2D eigenvalue weighted by molar-refractivity contribution is 5.75. The Bertz CT molecular complexity index is 465. The summed E-state index contributed by atoms with van der Waals surface area (Å²) in [6.45, 7) is 4.88. The van der Waals surface area contributed by atoms with E-state index in [4.69, 9.17) is 0 Å². The van der Waals surface area contributed by atoms with Crippen molar-refractivity contribution in [2.24, 2.45) is 0 Å². The molecule has 0 radical (unpaired) electrons. The van der Waals surface area contributed by atoms with Crippen molar-refractivity contribution in [3.05, 3.63) is 42.4 Å². The van der Waals surface area contributed by atoms with Crippen LogP contribution in [0.1, 0.15) is 13.3 Å². The van der Waals surface area contributed by atoms with E-state index in [0.29, 0.717) is 13.1 Å². The number of hydrogen-bond donors (Lipinski definition) is 1. The van der Waals surface area contributed by atoms with Gasteiger partial charge in [-0.1, -0.05) is 13.0 Å². The average molecular weight is 277 g/mol. The fourth-order valence-corrected chi connectivity index (χ4v) is 2.16. The number of piperazine rings is 1. The largest absolute Gasteiger partial charge is 0.368 e. The summed E-state index contributed by atoms with van der Waals surface area (Å²) in [5, 5.41) is 2.75. The van der Waals surface area contributed by atoms with Gasteiger partial charge in [0.1, 0.15) is 5.82 Å². The molecule has 1 N–H and O–H groups in total. The van der Waals surface area contributed by atoms with Crippen molar-refractivity contribution in [2.45, 2.75) is 13.3 Å². The lowest BCUT2D eigenvalue weighted by Gasteiger charge is -2.35. The molecule has 0 aromatic heterocycles. The van der Waals surface area contributed by atoms with Gasteiger partial charge in [0.25, 0.3) is 0 Å². The fourth-order valence-electron chi connectivity index (χ4n) is 2.16. The van der Waals surface area contributed by atoms with Crippen molar-refractivity contribution in [3.63, 3.8) is 0 Å². The summed E-state index contributed by atoms with van der Waals surface area (Å²) in [6, 6.07) is 6.41. The number of carbonyl (C=O) groups excluding carboxylic acids is 1. The topological polar surface area (TPSA) is 35.6 Å². The standard InChI is InChI=1S/C15H20FN3O/c1-2-3-8-17-15(20)19-11-9-18(10-12-19)14-6-4-13(16)5-7-14/h3-8H,2,9-12H2,1H3,(H,17,20)/b8-3+. The molecule has 0 saturated carbocycles. The summed E-state index contributed by atoms with van der Waals surface area (Å²) in [5.41, 5.74) is 0.998. The van der Waals surface area contributed by atoms with Gasteiger partial charge in [-0.05, 0) is 30.7 Å². The van der Waals surface area contributed by atoms with E-state index < -0.39 is 0 Å². The highest BCUT2D eigenvalue weighted by Crippen LogP contribution is 2.16. The van der Waals surface area contributed by atoms with E-state index in [-0.39, 0.29) is 11.8 Å². The van der Waals surface area contributed by atoms with E-state index in [9.17, 15) is 9.18 Å². The molecular formula is C15H20FN3O. The highest BCUT2D eigenvalue weighted by atomic mass is 19.1. The predicted octanol–water partition coefficient (Wildman–Crippen LogP) is 2.58. The SMILES string of the molecule is CC/C=C/NC(=O)N1CCN(c2ccc(F)cc2)CC1. The number of amides is 2. The number of nitrogens with zero attached hydrogens (tertiary/aromatic N) is 2. The van der Waals surface area contributed by atoms with Gasteiger partial charge in [0.2, 0.25) is 0 Å². The summed E-state index contributed by atoms with van der Waals surface area (Å²) in [4.78, 5) is 15.8. The zero-order valence-electron chi connectivity index (χ0n) is 11.7. The van der Waals surface area contributed by atoms with Crippen LogP contribution in [0.25, 0.3) is 0 Å². The first-order chi connectivity index (χ1) is 9.70. The third-order valence-corrected chi connectivity index (χ3v) is 3.32. The quantitative estimate of drug-likeness (QED) is 0.921. The van der Waals surface area contributed by atoms with Crippen LogP contribution in [0.3, 0.4) is 0 Å². The molecule has 0 unspecified atom stereocenters. The first-order valence-corrected chi connectivity index (χ1v) is 6.91. The Kier molecular flexibility index (Phi) is 4.98. The summed E-state index contributed by atoms with van der Waals surface area (Å²) >= 11 is 0. The molecule has 1 fully saturated rings. The summed E-state index contributed by atoms with van der Waals surface area (Å²) < 4.78 is 12.9. The molecule has 1 aliphatic rings. The summed E-state index contributed by atoms with van der Waals surface area (Å²) in [7, 11) is 0. The molecule has 1 aromatic rings.